The summed E-state index contributed by atoms with van der Waals surface area (Å²) in [6, 6.07) is 10.9. The molecule has 1 saturated carbocycles. The first-order valence-corrected chi connectivity index (χ1v) is 11.3. The molecule has 188 valence electrons. The van der Waals surface area contributed by atoms with Crippen LogP contribution in [0.4, 0.5) is 26.3 Å². The van der Waals surface area contributed by atoms with Crippen molar-refractivity contribution in [2.75, 3.05) is 0 Å². The molecule has 1 fully saturated rings. The molecule has 3 aromatic rings. The van der Waals surface area contributed by atoms with Gasteiger partial charge in [-0.25, -0.2) is 13.2 Å². The predicted molar refractivity (Wildman–Crippen MR) is 121 cm³/mol. The number of halogens is 7. The van der Waals surface area contributed by atoms with Gasteiger partial charge in [-0.15, -0.1) is 0 Å². The number of amides is 1. The van der Waals surface area contributed by atoms with Crippen molar-refractivity contribution in [2.45, 2.75) is 43.5 Å². The van der Waals surface area contributed by atoms with Crippen LogP contribution in [0.2, 0.25) is 5.02 Å². The second kappa shape index (κ2) is 8.69. The van der Waals surface area contributed by atoms with Crippen molar-refractivity contribution in [1.82, 2.24) is 5.32 Å². The molecule has 0 bridgehead atoms. The molecule has 1 aliphatic heterocycles. The lowest BCUT2D eigenvalue weighted by molar-refractivity contribution is -0.140. The average Bonchev–Trinajstić information content (AvgIpc) is 3.27. The molecule has 1 N–H and O–H groups in total. The fraction of sp³-hybridized carbons (Fsp3) is 0.280. The summed E-state index contributed by atoms with van der Waals surface area (Å²) < 4.78 is 80.6. The van der Waals surface area contributed by atoms with E-state index in [0.717, 1.165) is 6.07 Å². The molecular weight excluding hydrogens is 510 g/mol. The highest BCUT2D eigenvalue weighted by Crippen LogP contribution is 2.40. The van der Waals surface area contributed by atoms with Gasteiger partial charge in [0.1, 0.15) is 5.82 Å². The predicted octanol–water partition coefficient (Wildman–Crippen LogP) is 7.04. The van der Waals surface area contributed by atoms with Crippen molar-refractivity contribution < 1.29 is 36.0 Å². The Labute approximate surface area is 205 Å². The summed E-state index contributed by atoms with van der Waals surface area (Å²) in [5.41, 5.74) is -0.706. The Bertz CT molecular complexity index is 1400. The maximum absolute atomic E-state index is 14.7. The molecule has 1 heterocycles. The van der Waals surface area contributed by atoms with Gasteiger partial charge >= 0.3 is 6.18 Å². The maximum Gasteiger partial charge on any atom is 0.419 e. The number of rotatable bonds is 4. The molecule has 11 heteroatoms. The fourth-order valence-electron chi connectivity index (χ4n) is 4.53. The molecule has 0 saturated heterocycles. The summed E-state index contributed by atoms with van der Waals surface area (Å²) in [5, 5.41) is 7.41. The van der Waals surface area contributed by atoms with E-state index in [1.165, 1.54) is 6.07 Å². The molecule has 1 aliphatic carbocycles. The van der Waals surface area contributed by atoms with Crippen LogP contribution in [-0.4, -0.2) is 23.6 Å². The molecule has 0 spiro atoms. The van der Waals surface area contributed by atoms with Gasteiger partial charge in [0.15, 0.2) is 6.10 Å². The van der Waals surface area contributed by atoms with E-state index in [4.69, 9.17) is 16.4 Å². The number of benzene rings is 3. The van der Waals surface area contributed by atoms with Gasteiger partial charge in [0.2, 0.25) is 0 Å². The van der Waals surface area contributed by atoms with Crippen molar-refractivity contribution in [1.29, 1.82) is 0 Å². The van der Waals surface area contributed by atoms with Crippen LogP contribution in [0.3, 0.4) is 0 Å². The standard InChI is InChI=1S/C25H17ClF6N2O2/c26-12-7-18(22(27)19(8-12)25(30,31)32)21-9-20(34-36-21)16-5-6-17(15-4-2-1-3-14(15)16)23(35)33-13-10-24(28,29)11-13/h1-8,13,21H,9-11H2,(H,33,35). The van der Waals surface area contributed by atoms with Gasteiger partial charge in [-0.3, -0.25) is 4.79 Å². The number of fused-ring (bicyclic) bond motifs is 1. The van der Waals surface area contributed by atoms with Gasteiger partial charge in [-0.1, -0.05) is 47.1 Å². The molecule has 0 aromatic heterocycles. The zero-order valence-corrected chi connectivity index (χ0v) is 19.1. The van der Waals surface area contributed by atoms with E-state index in [-0.39, 0.29) is 22.6 Å². The van der Waals surface area contributed by atoms with Gasteiger partial charge in [0.05, 0.1) is 11.3 Å². The molecule has 3 aromatic carbocycles. The second-order valence-corrected chi connectivity index (χ2v) is 9.27. The normalized spacial score (nSPS) is 19.5. The molecule has 4 nitrogen and oxygen atoms in total. The summed E-state index contributed by atoms with van der Waals surface area (Å²) in [6.45, 7) is 0. The Morgan fingerprint density at radius 3 is 2.44 bits per heavy atom. The summed E-state index contributed by atoms with van der Waals surface area (Å²) in [5.74, 6) is -4.75. The molecule has 1 amide bonds. The van der Waals surface area contributed by atoms with Gasteiger partial charge in [0.25, 0.3) is 11.8 Å². The van der Waals surface area contributed by atoms with Gasteiger partial charge in [-0.05, 0) is 29.0 Å². The third kappa shape index (κ3) is 4.50. The van der Waals surface area contributed by atoms with Crippen LogP contribution in [0.1, 0.15) is 52.4 Å². The largest absolute Gasteiger partial charge is 0.419 e. The highest BCUT2D eigenvalue weighted by molar-refractivity contribution is 6.30. The highest BCUT2D eigenvalue weighted by atomic mass is 35.5. The van der Waals surface area contributed by atoms with Crippen molar-refractivity contribution in [2.24, 2.45) is 5.16 Å². The molecule has 1 atom stereocenters. The van der Waals surface area contributed by atoms with Crippen molar-refractivity contribution >= 4 is 34.0 Å². The molecule has 2 aliphatic rings. The fourth-order valence-corrected chi connectivity index (χ4v) is 4.76. The first-order valence-electron chi connectivity index (χ1n) is 10.9. The van der Waals surface area contributed by atoms with Gasteiger partial charge in [0, 0.05) is 47.0 Å². The summed E-state index contributed by atoms with van der Waals surface area (Å²) in [6.07, 6.45) is -6.95. The number of oxime groups is 1. The number of nitrogens with one attached hydrogen (secondary N) is 1. The SMILES string of the molecule is O=C(NC1CC(F)(F)C1)c1ccc(C2=NOC(c3cc(Cl)cc(C(F)(F)F)c3F)C2)c2ccccc12. The van der Waals surface area contributed by atoms with Crippen LogP contribution in [0.15, 0.2) is 53.7 Å². The van der Waals surface area contributed by atoms with E-state index in [1.54, 1.807) is 30.3 Å². The van der Waals surface area contributed by atoms with E-state index in [9.17, 15) is 31.1 Å². The van der Waals surface area contributed by atoms with E-state index in [1.807, 2.05) is 0 Å². The third-order valence-corrected chi connectivity index (χ3v) is 6.51. The lowest BCUT2D eigenvalue weighted by atomic mass is 9.87. The minimum absolute atomic E-state index is 0.0404. The molecule has 36 heavy (non-hydrogen) atoms. The minimum Gasteiger partial charge on any atom is -0.387 e. The number of alkyl halides is 5. The number of nitrogens with zero attached hydrogens (tertiary/aromatic N) is 1. The van der Waals surface area contributed by atoms with Crippen LogP contribution >= 0.6 is 11.6 Å². The number of hydrogen-bond acceptors (Lipinski definition) is 3. The smallest absolute Gasteiger partial charge is 0.387 e. The molecule has 0 radical (unpaired) electrons. The number of carbonyl (C=O) groups is 1. The van der Waals surface area contributed by atoms with Crippen LogP contribution in [-0.2, 0) is 11.0 Å². The van der Waals surface area contributed by atoms with Gasteiger partial charge in [-0.2, -0.15) is 13.2 Å². The topological polar surface area (TPSA) is 50.7 Å². The lowest BCUT2D eigenvalue weighted by Crippen LogP contribution is -2.50. The Hall–Kier alpha value is -3.27. The first-order chi connectivity index (χ1) is 16.9. The van der Waals surface area contributed by atoms with Gasteiger partial charge < -0.3 is 10.2 Å². The second-order valence-electron chi connectivity index (χ2n) is 8.83. The van der Waals surface area contributed by atoms with Crippen molar-refractivity contribution in [3.05, 3.63) is 81.6 Å². The van der Waals surface area contributed by atoms with Crippen LogP contribution < -0.4 is 5.32 Å². The summed E-state index contributed by atoms with van der Waals surface area (Å²) in [4.78, 5) is 18.1. The lowest BCUT2D eigenvalue weighted by Gasteiger charge is -2.35. The summed E-state index contributed by atoms with van der Waals surface area (Å²) in [7, 11) is 0. The molecular formula is C25H17ClF6N2O2. The highest BCUT2D eigenvalue weighted by Gasteiger charge is 2.46. The first kappa shape index (κ1) is 24.4. The maximum atomic E-state index is 14.7. The minimum atomic E-state index is -4.94. The Balaban J connectivity index is 1.43. The molecule has 5 rings (SSSR count). The van der Waals surface area contributed by atoms with Crippen LogP contribution in [0, 0.1) is 5.82 Å². The average molecular weight is 527 g/mol. The quantitative estimate of drug-likeness (QED) is 0.371. The molecule has 1 unspecified atom stereocenters. The van der Waals surface area contributed by atoms with Crippen molar-refractivity contribution in [3.63, 3.8) is 0 Å². The third-order valence-electron chi connectivity index (χ3n) is 6.29. The Morgan fingerprint density at radius 2 is 1.78 bits per heavy atom. The monoisotopic (exact) mass is 526 g/mol. The summed E-state index contributed by atoms with van der Waals surface area (Å²) >= 11 is 5.81. The number of hydrogen-bond donors (Lipinski definition) is 1. The van der Waals surface area contributed by atoms with Crippen molar-refractivity contribution in [3.8, 4) is 0 Å². The van der Waals surface area contributed by atoms with E-state index in [0.29, 0.717) is 28.1 Å². The van der Waals surface area contributed by atoms with Crippen LogP contribution in [0.5, 0.6) is 0 Å². The zero-order valence-electron chi connectivity index (χ0n) is 18.3. The Morgan fingerprint density at radius 1 is 1.08 bits per heavy atom. The van der Waals surface area contributed by atoms with E-state index in [2.05, 4.69) is 10.5 Å². The van der Waals surface area contributed by atoms with E-state index >= 15 is 0 Å². The Kier molecular flexibility index (Phi) is 5.89. The zero-order chi connectivity index (χ0) is 25.8. The number of carbonyl (C=O) groups excluding carboxylic acids is 1. The van der Waals surface area contributed by atoms with E-state index < -0.39 is 54.4 Å². The van der Waals surface area contributed by atoms with Crippen LogP contribution in [0.25, 0.3) is 10.8 Å².